The van der Waals surface area contributed by atoms with Crippen LogP contribution in [0.15, 0.2) is 23.5 Å². The molecule has 1 aromatic rings. The summed E-state index contributed by atoms with van der Waals surface area (Å²) in [5.74, 6) is -0.662. The molecule has 1 heterocycles. The van der Waals surface area contributed by atoms with Crippen molar-refractivity contribution in [2.24, 2.45) is 10.9 Å². The standard InChI is InChI=1S/C12H15FN4O2/c13-8-1-4-10(15-7-8)12(18)17(9-2-3-9)6-5-11(14)16-19/h1,4,7,9,19H,2-3,5-6H2,(H2,14,16). The second kappa shape index (κ2) is 5.64. The smallest absolute Gasteiger partial charge is 0.272 e. The molecule has 0 radical (unpaired) electrons. The van der Waals surface area contributed by atoms with Crippen LogP contribution < -0.4 is 5.73 Å². The first-order chi connectivity index (χ1) is 9.11. The van der Waals surface area contributed by atoms with Gasteiger partial charge in [0.15, 0.2) is 0 Å². The fourth-order valence-electron chi connectivity index (χ4n) is 1.77. The summed E-state index contributed by atoms with van der Waals surface area (Å²) in [4.78, 5) is 17.7. The number of halogens is 1. The monoisotopic (exact) mass is 266 g/mol. The van der Waals surface area contributed by atoms with Crippen LogP contribution in [0.4, 0.5) is 4.39 Å². The summed E-state index contributed by atoms with van der Waals surface area (Å²) in [7, 11) is 0. The zero-order valence-electron chi connectivity index (χ0n) is 10.3. The predicted octanol–water partition coefficient (Wildman–Crippen LogP) is 0.962. The van der Waals surface area contributed by atoms with Gasteiger partial charge < -0.3 is 15.8 Å². The van der Waals surface area contributed by atoms with Crippen molar-refractivity contribution < 1.29 is 14.4 Å². The van der Waals surface area contributed by atoms with Crippen LogP contribution in [-0.4, -0.2) is 39.4 Å². The van der Waals surface area contributed by atoms with Gasteiger partial charge in [0, 0.05) is 19.0 Å². The van der Waals surface area contributed by atoms with Gasteiger partial charge in [-0.3, -0.25) is 4.79 Å². The summed E-state index contributed by atoms with van der Waals surface area (Å²) in [5, 5.41) is 11.4. The molecule has 1 saturated carbocycles. The molecule has 0 bridgehead atoms. The molecule has 1 aliphatic carbocycles. The summed E-state index contributed by atoms with van der Waals surface area (Å²) in [6.07, 6.45) is 3.17. The maximum absolute atomic E-state index is 12.8. The van der Waals surface area contributed by atoms with E-state index in [0.717, 1.165) is 19.0 Å². The lowest BCUT2D eigenvalue weighted by Gasteiger charge is -2.21. The highest BCUT2D eigenvalue weighted by atomic mass is 19.1. The molecule has 1 amide bonds. The molecule has 1 fully saturated rings. The van der Waals surface area contributed by atoms with E-state index in [0.29, 0.717) is 13.0 Å². The maximum atomic E-state index is 12.8. The van der Waals surface area contributed by atoms with Gasteiger partial charge in [0.05, 0.1) is 6.20 Å². The fourth-order valence-corrected chi connectivity index (χ4v) is 1.77. The molecule has 1 aromatic heterocycles. The second-order valence-corrected chi connectivity index (χ2v) is 4.43. The zero-order chi connectivity index (χ0) is 13.8. The van der Waals surface area contributed by atoms with E-state index in [4.69, 9.17) is 10.9 Å². The lowest BCUT2D eigenvalue weighted by molar-refractivity contribution is 0.0741. The maximum Gasteiger partial charge on any atom is 0.272 e. The van der Waals surface area contributed by atoms with Gasteiger partial charge in [-0.05, 0) is 25.0 Å². The topological polar surface area (TPSA) is 91.8 Å². The molecule has 0 aromatic carbocycles. The van der Waals surface area contributed by atoms with Crippen LogP contribution in [-0.2, 0) is 0 Å². The van der Waals surface area contributed by atoms with Crippen LogP contribution in [0.5, 0.6) is 0 Å². The average Bonchev–Trinajstić information content (AvgIpc) is 3.24. The SMILES string of the molecule is N/C(CCN(C(=O)c1ccc(F)cn1)C1CC1)=N/O. The van der Waals surface area contributed by atoms with Crippen molar-refractivity contribution in [2.45, 2.75) is 25.3 Å². The number of carbonyl (C=O) groups is 1. The highest BCUT2D eigenvalue weighted by Gasteiger charge is 2.33. The third-order valence-corrected chi connectivity index (χ3v) is 2.93. The first-order valence-electron chi connectivity index (χ1n) is 6.00. The number of amidine groups is 1. The number of hydrogen-bond donors (Lipinski definition) is 2. The minimum absolute atomic E-state index is 0.0746. The summed E-state index contributed by atoms with van der Waals surface area (Å²) in [5.41, 5.74) is 5.60. The van der Waals surface area contributed by atoms with E-state index < -0.39 is 5.82 Å². The van der Waals surface area contributed by atoms with E-state index in [-0.39, 0.29) is 23.5 Å². The predicted molar refractivity (Wildman–Crippen MR) is 66.3 cm³/mol. The Hall–Kier alpha value is -2.18. The molecule has 0 aliphatic heterocycles. The Morgan fingerprint density at radius 2 is 2.32 bits per heavy atom. The summed E-state index contributed by atoms with van der Waals surface area (Å²) in [6.45, 7) is 0.360. The van der Waals surface area contributed by atoms with Crippen LogP contribution in [0, 0.1) is 5.82 Å². The van der Waals surface area contributed by atoms with E-state index in [2.05, 4.69) is 10.1 Å². The molecule has 0 atom stereocenters. The Balaban J connectivity index is 2.06. The van der Waals surface area contributed by atoms with Gasteiger partial charge >= 0.3 is 0 Å². The number of nitrogens with two attached hydrogens (primary N) is 1. The fraction of sp³-hybridized carbons (Fsp3) is 0.417. The Morgan fingerprint density at radius 1 is 1.58 bits per heavy atom. The van der Waals surface area contributed by atoms with Crippen molar-refractivity contribution >= 4 is 11.7 Å². The van der Waals surface area contributed by atoms with Crippen molar-refractivity contribution in [2.75, 3.05) is 6.54 Å². The molecule has 19 heavy (non-hydrogen) atoms. The summed E-state index contributed by atoms with van der Waals surface area (Å²) < 4.78 is 12.8. The van der Waals surface area contributed by atoms with E-state index in [9.17, 15) is 9.18 Å². The number of hydrogen-bond acceptors (Lipinski definition) is 4. The number of pyridine rings is 1. The molecule has 0 saturated heterocycles. The molecule has 3 N–H and O–H groups in total. The average molecular weight is 266 g/mol. The minimum atomic E-state index is -0.480. The van der Waals surface area contributed by atoms with Gasteiger partial charge in [-0.1, -0.05) is 5.16 Å². The third-order valence-electron chi connectivity index (χ3n) is 2.93. The van der Waals surface area contributed by atoms with Gasteiger partial charge in [-0.15, -0.1) is 0 Å². The molecule has 1 aliphatic rings. The van der Waals surface area contributed by atoms with Crippen LogP contribution in [0.3, 0.4) is 0 Å². The van der Waals surface area contributed by atoms with Crippen molar-refractivity contribution in [1.29, 1.82) is 0 Å². The van der Waals surface area contributed by atoms with E-state index >= 15 is 0 Å². The number of amides is 1. The molecule has 0 spiro atoms. The normalized spacial score (nSPS) is 15.3. The number of carbonyl (C=O) groups excluding carboxylic acids is 1. The number of rotatable bonds is 5. The van der Waals surface area contributed by atoms with Gasteiger partial charge in [0.25, 0.3) is 5.91 Å². The first-order valence-corrected chi connectivity index (χ1v) is 6.00. The van der Waals surface area contributed by atoms with Crippen molar-refractivity contribution in [3.63, 3.8) is 0 Å². The molecule has 7 heteroatoms. The van der Waals surface area contributed by atoms with Crippen LogP contribution in [0.25, 0.3) is 0 Å². The lowest BCUT2D eigenvalue weighted by Crippen LogP contribution is -2.36. The van der Waals surface area contributed by atoms with Gasteiger partial charge in [-0.25, -0.2) is 9.37 Å². The van der Waals surface area contributed by atoms with Crippen LogP contribution >= 0.6 is 0 Å². The molecular formula is C12H15FN4O2. The largest absolute Gasteiger partial charge is 0.409 e. The number of nitrogens with zero attached hydrogens (tertiary/aromatic N) is 3. The minimum Gasteiger partial charge on any atom is -0.409 e. The summed E-state index contributed by atoms with van der Waals surface area (Å²) in [6, 6.07) is 2.73. The highest BCUT2D eigenvalue weighted by molar-refractivity contribution is 5.93. The number of aromatic nitrogens is 1. The Morgan fingerprint density at radius 3 is 2.84 bits per heavy atom. The lowest BCUT2D eigenvalue weighted by atomic mass is 10.2. The van der Waals surface area contributed by atoms with Crippen molar-refractivity contribution in [3.05, 3.63) is 29.8 Å². The Kier molecular flexibility index (Phi) is 3.94. The molecule has 102 valence electrons. The zero-order valence-corrected chi connectivity index (χ0v) is 10.3. The van der Waals surface area contributed by atoms with Crippen LogP contribution in [0.2, 0.25) is 0 Å². The Bertz CT molecular complexity index is 485. The van der Waals surface area contributed by atoms with Crippen molar-refractivity contribution in [3.8, 4) is 0 Å². The Labute approximate surface area is 109 Å². The third kappa shape index (κ3) is 3.40. The summed E-state index contributed by atoms with van der Waals surface area (Å²) >= 11 is 0. The van der Waals surface area contributed by atoms with Crippen molar-refractivity contribution in [1.82, 2.24) is 9.88 Å². The second-order valence-electron chi connectivity index (χ2n) is 4.43. The van der Waals surface area contributed by atoms with Gasteiger partial charge in [0.2, 0.25) is 0 Å². The highest BCUT2D eigenvalue weighted by Crippen LogP contribution is 2.28. The number of oxime groups is 1. The molecular weight excluding hydrogens is 251 g/mol. The molecule has 2 rings (SSSR count). The molecule has 0 unspecified atom stereocenters. The van der Waals surface area contributed by atoms with E-state index in [1.54, 1.807) is 4.90 Å². The van der Waals surface area contributed by atoms with E-state index in [1.165, 1.54) is 12.1 Å². The van der Waals surface area contributed by atoms with Crippen LogP contribution in [0.1, 0.15) is 29.8 Å². The first kappa shape index (κ1) is 13.3. The van der Waals surface area contributed by atoms with Gasteiger partial charge in [0.1, 0.15) is 17.3 Å². The molecule has 6 nitrogen and oxygen atoms in total. The quantitative estimate of drug-likeness (QED) is 0.359. The van der Waals surface area contributed by atoms with Gasteiger partial charge in [-0.2, -0.15) is 0 Å². The van der Waals surface area contributed by atoms with E-state index in [1.807, 2.05) is 0 Å².